The Morgan fingerprint density at radius 2 is 1.71 bits per heavy atom. The van der Waals surface area contributed by atoms with E-state index in [0.717, 1.165) is 11.0 Å². The van der Waals surface area contributed by atoms with E-state index < -0.39 is 0 Å². The first-order valence-electron chi connectivity index (χ1n) is 8.45. The zero-order valence-corrected chi connectivity index (χ0v) is 15.3. The van der Waals surface area contributed by atoms with Crippen molar-refractivity contribution >= 4 is 17.7 Å². The van der Waals surface area contributed by atoms with Gasteiger partial charge in [-0.15, -0.1) is 0 Å². The number of benzene rings is 1. The van der Waals surface area contributed by atoms with E-state index in [2.05, 4.69) is 5.32 Å². The molecule has 0 spiro atoms. The largest absolute Gasteiger partial charge is 0.496 e. The summed E-state index contributed by atoms with van der Waals surface area (Å²) in [5.74, 6) is 2.67. The molecule has 1 aromatic carbocycles. The fraction of sp³-hybridized carbons (Fsp3) is 0.611. The molecule has 1 N–H and O–H groups in total. The molecule has 1 aliphatic carbocycles. The Balaban J connectivity index is 1.65. The first kappa shape index (κ1) is 18.8. The van der Waals surface area contributed by atoms with Crippen molar-refractivity contribution < 1.29 is 19.0 Å². The Hall–Kier alpha value is -1.56. The molecule has 1 aliphatic rings. The zero-order chi connectivity index (χ0) is 17.2. The van der Waals surface area contributed by atoms with E-state index in [-0.39, 0.29) is 12.5 Å². The SMILES string of the molecule is COc1cc(OC)cc(OCC(=O)NCCSC2CCCCC2)c1. The van der Waals surface area contributed by atoms with Crippen molar-refractivity contribution in [1.82, 2.24) is 5.32 Å². The van der Waals surface area contributed by atoms with E-state index in [9.17, 15) is 4.79 Å². The Morgan fingerprint density at radius 1 is 1.08 bits per heavy atom. The lowest BCUT2D eigenvalue weighted by atomic mass is 10.0. The molecule has 134 valence electrons. The second kappa shape index (κ2) is 10.3. The van der Waals surface area contributed by atoms with Gasteiger partial charge >= 0.3 is 0 Å². The third kappa shape index (κ3) is 6.51. The number of thioether (sulfide) groups is 1. The molecule has 6 heteroatoms. The Bertz CT molecular complexity index is 495. The van der Waals surface area contributed by atoms with E-state index in [0.29, 0.717) is 23.8 Å². The van der Waals surface area contributed by atoms with Crippen molar-refractivity contribution in [2.45, 2.75) is 37.4 Å². The Labute approximate surface area is 148 Å². The smallest absolute Gasteiger partial charge is 0.257 e. The topological polar surface area (TPSA) is 56.8 Å². The van der Waals surface area contributed by atoms with Crippen LogP contribution in [-0.2, 0) is 4.79 Å². The van der Waals surface area contributed by atoms with E-state index in [1.807, 2.05) is 11.8 Å². The van der Waals surface area contributed by atoms with Gasteiger partial charge in [0.05, 0.1) is 14.2 Å². The quantitative estimate of drug-likeness (QED) is 0.691. The molecule has 1 fully saturated rings. The predicted octanol–water partition coefficient (Wildman–Crippen LogP) is 3.26. The molecule has 1 aromatic rings. The highest BCUT2D eigenvalue weighted by Gasteiger charge is 2.13. The number of ether oxygens (including phenoxy) is 3. The monoisotopic (exact) mass is 353 g/mol. The average Bonchev–Trinajstić information content (AvgIpc) is 2.64. The fourth-order valence-corrected chi connectivity index (χ4v) is 3.93. The van der Waals surface area contributed by atoms with Gasteiger partial charge in [-0.05, 0) is 12.8 Å². The number of rotatable bonds is 9. The average molecular weight is 353 g/mol. The van der Waals surface area contributed by atoms with Gasteiger partial charge in [-0.1, -0.05) is 19.3 Å². The highest BCUT2D eigenvalue weighted by Crippen LogP contribution is 2.28. The van der Waals surface area contributed by atoms with Crippen LogP contribution in [0, 0.1) is 0 Å². The zero-order valence-electron chi connectivity index (χ0n) is 14.5. The van der Waals surface area contributed by atoms with Crippen LogP contribution < -0.4 is 19.5 Å². The van der Waals surface area contributed by atoms with Crippen molar-refractivity contribution in [3.63, 3.8) is 0 Å². The van der Waals surface area contributed by atoms with Crippen molar-refractivity contribution in [3.8, 4) is 17.2 Å². The number of hydrogen-bond acceptors (Lipinski definition) is 5. The van der Waals surface area contributed by atoms with Crippen LogP contribution in [0.5, 0.6) is 17.2 Å². The molecular formula is C18H27NO4S. The number of hydrogen-bond donors (Lipinski definition) is 1. The lowest BCUT2D eigenvalue weighted by Gasteiger charge is -2.20. The lowest BCUT2D eigenvalue weighted by Crippen LogP contribution is -2.31. The summed E-state index contributed by atoms with van der Waals surface area (Å²) in [6.07, 6.45) is 6.71. The summed E-state index contributed by atoms with van der Waals surface area (Å²) < 4.78 is 15.9. The highest BCUT2D eigenvalue weighted by molar-refractivity contribution is 7.99. The number of carbonyl (C=O) groups excluding carboxylic acids is 1. The van der Waals surface area contributed by atoms with Crippen molar-refractivity contribution in [1.29, 1.82) is 0 Å². The molecular weight excluding hydrogens is 326 g/mol. The van der Waals surface area contributed by atoms with Crippen LogP contribution >= 0.6 is 11.8 Å². The molecule has 5 nitrogen and oxygen atoms in total. The summed E-state index contributed by atoms with van der Waals surface area (Å²) >= 11 is 1.98. The molecule has 0 bridgehead atoms. The van der Waals surface area contributed by atoms with Crippen LogP contribution in [0.15, 0.2) is 18.2 Å². The van der Waals surface area contributed by atoms with E-state index in [4.69, 9.17) is 14.2 Å². The minimum atomic E-state index is -0.110. The highest BCUT2D eigenvalue weighted by atomic mass is 32.2. The lowest BCUT2D eigenvalue weighted by molar-refractivity contribution is -0.122. The molecule has 0 heterocycles. The second-order valence-corrected chi connectivity index (χ2v) is 7.23. The van der Waals surface area contributed by atoms with Gasteiger partial charge in [0, 0.05) is 35.7 Å². The molecule has 24 heavy (non-hydrogen) atoms. The molecule has 2 rings (SSSR count). The normalized spacial score (nSPS) is 14.9. The van der Waals surface area contributed by atoms with Gasteiger partial charge < -0.3 is 19.5 Å². The first-order valence-corrected chi connectivity index (χ1v) is 9.50. The van der Waals surface area contributed by atoms with Crippen molar-refractivity contribution in [3.05, 3.63) is 18.2 Å². The number of amides is 1. The van der Waals surface area contributed by atoms with Crippen LogP contribution in [-0.4, -0.2) is 44.3 Å². The van der Waals surface area contributed by atoms with Crippen molar-refractivity contribution in [2.75, 3.05) is 33.1 Å². The fourth-order valence-electron chi connectivity index (χ4n) is 2.71. The van der Waals surface area contributed by atoms with Crippen LogP contribution in [0.3, 0.4) is 0 Å². The molecule has 0 aromatic heterocycles. The molecule has 1 saturated carbocycles. The molecule has 1 amide bonds. The van der Waals surface area contributed by atoms with E-state index >= 15 is 0 Å². The van der Waals surface area contributed by atoms with Crippen LogP contribution in [0.25, 0.3) is 0 Å². The molecule has 0 saturated heterocycles. The van der Waals surface area contributed by atoms with E-state index in [1.165, 1.54) is 32.1 Å². The van der Waals surface area contributed by atoms with Crippen molar-refractivity contribution in [2.24, 2.45) is 0 Å². The molecule has 0 aliphatic heterocycles. The standard InChI is InChI=1S/C18H27NO4S/c1-21-14-10-15(22-2)12-16(11-14)23-13-18(20)19-8-9-24-17-6-4-3-5-7-17/h10-12,17H,3-9,13H2,1-2H3,(H,19,20). The summed E-state index contributed by atoms with van der Waals surface area (Å²) in [5.41, 5.74) is 0. The number of nitrogens with one attached hydrogen (secondary N) is 1. The summed E-state index contributed by atoms with van der Waals surface area (Å²) in [4.78, 5) is 11.9. The van der Waals surface area contributed by atoms with Gasteiger partial charge in [0.2, 0.25) is 0 Å². The maximum atomic E-state index is 11.9. The maximum absolute atomic E-state index is 11.9. The van der Waals surface area contributed by atoms with Crippen LogP contribution in [0.4, 0.5) is 0 Å². The van der Waals surface area contributed by atoms with E-state index in [1.54, 1.807) is 32.4 Å². The molecule has 0 unspecified atom stereocenters. The second-order valence-electron chi connectivity index (χ2n) is 5.82. The van der Waals surface area contributed by atoms with Crippen LogP contribution in [0.1, 0.15) is 32.1 Å². The van der Waals surface area contributed by atoms with Gasteiger partial charge in [0.1, 0.15) is 17.2 Å². The summed E-state index contributed by atoms with van der Waals surface area (Å²) in [5, 5.41) is 3.68. The van der Waals surface area contributed by atoms with Gasteiger partial charge in [-0.2, -0.15) is 11.8 Å². The molecule has 0 atom stereocenters. The van der Waals surface area contributed by atoms with Gasteiger partial charge in [0.25, 0.3) is 5.91 Å². The Morgan fingerprint density at radius 3 is 2.33 bits per heavy atom. The molecule has 0 radical (unpaired) electrons. The third-order valence-electron chi connectivity index (χ3n) is 4.02. The minimum Gasteiger partial charge on any atom is -0.496 e. The minimum absolute atomic E-state index is 0.00951. The summed E-state index contributed by atoms with van der Waals surface area (Å²) in [7, 11) is 3.16. The van der Waals surface area contributed by atoms with Gasteiger partial charge in [-0.25, -0.2) is 0 Å². The summed E-state index contributed by atoms with van der Waals surface area (Å²) in [6.45, 7) is 0.676. The number of carbonyl (C=O) groups is 1. The van der Waals surface area contributed by atoms with Gasteiger partial charge in [-0.3, -0.25) is 4.79 Å². The predicted molar refractivity (Wildman–Crippen MR) is 97.4 cm³/mol. The first-order chi connectivity index (χ1) is 11.7. The Kier molecular flexibility index (Phi) is 8.08. The maximum Gasteiger partial charge on any atom is 0.257 e. The number of methoxy groups -OCH3 is 2. The third-order valence-corrected chi connectivity index (χ3v) is 5.41. The van der Waals surface area contributed by atoms with Crippen LogP contribution in [0.2, 0.25) is 0 Å². The van der Waals surface area contributed by atoms with Gasteiger partial charge in [0.15, 0.2) is 6.61 Å². The summed E-state index contributed by atoms with van der Waals surface area (Å²) in [6, 6.07) is 5.22.